The van der Waals surface area contributed by atoms with Crippen LogP contribution >= 0.6 is 0 Å². The summed E-state index contributed by atoms with van der Waals surface area (Å²) in [6.45, 7) is 2.06. The van der Waals surface area contributed by atoms with Gasteiger partial charge in [0.15, 0.2) is 0 Å². The Bertz CT molecular complexity index is 489. The van der Waals surface area contributed by atoms with Crippen molar-refractivity contribution in [3.63, 3.8) is 0 Å². The van der Waals surface area contributed by atoms with Gasteiger partial charge in [0, 0.05) is 12.1 Å². The van der Waals surface area contributed by atoms with Crippen LogP contribution in [0.1, 0.15) is 36.9 Å². The van der Waals surface area contributed by atoms with Gasteiger partial charge in [0.2, 0.25) is 0 Å². The molecule has 2 rings (SSSR count). The Morgan fingerprint density at radius 3 is 2.89 bits per heavy atom. The third-order valence-electron chi connectivity index (χ3n) is 3.33. The number of nitriles is 1. The van der Waals surface area contributed by atoms with Crippen molar-refractivity contribution in [2.45, 2.75) is 31.8 Å². The summed E-state index contributed by atoms with van der Waals surface area (Å²) < 4.78 is 0. The molecule has 1 unspecified atom stereocenters. The van der Waals surface area contributed by atoms with Crippen LogP contribution in [0.4, 0.5) is 0 Å². The third kappa shape index (κ3) is 2.88. The molecule has 0 aliphatic heterocycles. The van der Waals surface area contributed by atoms with Crippen molar-refractivity contribution in [1.82, 2.24) is 4.90 Å². The average Bonchev–Trinajstić information content (AvgIpc) is 3.19. The van der Waals surface area contributed by atoms with E-state index in [0.29, 0.717) is 11.6 Å². The SMILES string of the molecule is CC(c1cccc(C#N)c1)N(CC(=O)O)C1CC1. The van der Waals surface area contributed by atoms with Gasteiger partial charge in [-0.15, -0.1) is 0 Å². The summed E-state index contributed by atoms with van der Waals surface area (Å²) in [4.78, 5) is 12.9. The highest BCUT2D eigenvalue weighted by Gasteiger charge is 2.33. The van der Waals surface area contributed by atoms with Crippen molar-refractivity contribution < 1.29 is 9.90 Å². The third-order valence-corrected chi connectivity index (χ3v) is 3.33. The lowest BCUT2D eigenvalue weighted by Gasteiger charge is -2.27. The number of nitrogens with zero attached hydrogens (tertiary/aromatic N) is 2. The van der Waals surface area contributed by atoms with E-state index in [1.54, 1.807) is 6.07 Å². The monoisotopic (exact) mass is 244 g/mol. The van der Waals surface area contributed by atoms with Crippen LogP contribution in [0.2, 0.25) is 0 Å². The fourth-order valence-corrected chi connectivity index (χ4v) is 2.20. The van der Waals surface area contributed by atoms with Crippen LogP contribution < -0.4 is 0 Å². The predicted molar refractivity (Wildman–Crippen MR) is 66.9 cm³/mol. The smallest absolute Gasteiger partial charge is 0.317 e. The molecule has 0 aromatic heterocycles. The summed E-state index contributed by atoms with van der Waals surface area (Å²) >= 11 is 0. The summed E-state index contributed by atoms with van der Waals surface area (Å²) in [5.74, 6) is -0.801. The summed E-state index contributed by atoms with van der Waals surface area (Å²) in [5, 5.41) is 17.9. The summed E-state index contributed by atoms with van der Waals surface area (Å²) in [6, 6.07) is 9.90. The van der Waals surface area contributed by atoms with Crippen molar-refractivity contribution in [3.8, 4) is 6.07 Å². The normalized spacial score (nSPS) is 16.3. The molecule has 0 radical (unpaired) electrons. The van der Waals surface area contributed by atoms with Crippen molar-refractivity contribution in [2.24, 2.45) is 0 Å². The Hall–Kier alpha value is -1.86. The minimum absolute atomic E-state index is 0.0295. The van der Waals surface area contributed by atoms with E-state index >= 15 is 0 Å². The van der Waals surface area contributed by atoms with Gasteiger partial charge in [-0.1, -0.05) is 12.1 Å². The Balaban J connectivity index is 2.19. The molecule has 0 amide bonds. The van der Waals surface area contributed by atoms with E-state index in [1.165, 1.54) is 0 Å². The van der Waals surface area contributed by atoms with Crippen molar-refractivity contribution in [2.75, 3.05) is 6.54 Å². The molecule has 4 heteroatoms. The van der Waals surface area contributed by atoms with Gasteiger partial charge >= 0.3 is 5.97 Å². The Kier molecular flexibility index (Phi) is 3.63. The Morgan fingerprint density at radius 2 is 2.33 bits per heavy atom. The minimum atomic E-state index is -0.801. The first-order chi connectivity index (χ1) is 8.61. The number of hydrogen-bond donors (Lipinski definition) is 1. The molecule has 1 aliphatic rings. The standard InChI is InChI=1S/C14H16N2O2/c1-10(12-4-2-3-11(7-12)8-15)16(9-14(17)18)13-5-6-13/h2-4,7,10,13H,5-6,9H2,1H3,(H,17,18). The highest BCUT2D eigenvalue weighted by molar-refractivity contribution is 5.69. The van der Waals surface area contributed by atoms with Gasteiger partial charge in [0.25, 0.3) is 0 Å². The van der Waals surface area contributed by atoms with Gasteiger partial charge < -0.3 is 5.11 Å². The molecule has 1 aromatic carbocycles. The molecule has 1 aromatic rings. The van der Waals surface area contributed by atoms with Gasteiger partial charge in [0.1, 0.15) is 0 Å². The van der Waals surface area contributed by atoms with Gasteiger partial charge in [-0.3, -0.25) is 9.69 Å². The van der Waals surface area contributed by atoms with E-state index < -0.39 is 5.97 Å². The molecule has 4 nitrogen and oxygen atoms in total. The quantitative estimate of drug-likeness (QED) is 0.862. The topological polar surface area (TPSA) is 64.3 Å². The first kappa shape index (κ1) is 12.6. The molecule has 1 N–H and O–H groups in total. The summed E-state index contributed by atoms with van der Waals surface area (Å²) in [7, 11) is 0. The minimum Gasteiger partial charge on any atom is -0.480 e. The van der Waals surface area contributed by atoms with E-state index in [-0.39, 0.29) is 12.6 Å². The maximum absolute atomic E-state index is 10.9. The molecule has 1 saturated carbocycles. The zero-order valence-corrected chi connectivity index (χ0v) is 10.3. The maximum atomic E-state index is 10.9. The number of hydrogen-bond acceptors (Lipinski definition) is 3. The first-order valence-electron chi connectivity index (χ1n) is 6.09. The lowest BCUT2D eigenvalue weighted by molar-refractivity contribution is -0.139. The molecule has 1 fully saturated rings. The predicted octanol–water partition coefficient (Wildman–Crippen LogP) is 2.17. The number of aliphatic carboxylic acids is 1. The second-order valence-corrected chi connectivity index (χ2v) is 4.71. The fraction of sp³-hybridized carbons (Fsp3) is 0.429. The van der Waals surface area contributed by atoms with Gasteiger partial charge in [-0.2, -0.15) is 5.26 Å². The Labute approximate surface area is 106 Å². The van der Waals surface area contributed by atoms with E-state index in [9.17, 15) is 4.79 Å². The van der Waals surface area contributed by atoms with Gasteiger partial charge in [-0.05, 0) is 37.5 Å². The number of benzene rings is 1. The van der Waals surface area contributed by atoms with Crippen molar-refractivity contribution in [3.05, 3.63) is 35.4 Å². The lowest BCUT2D eigenvalue weighted by atomic mass is 10.0. The zero-order chi connectivity index (χ0) is 13.1. The van der Waals surface area contributed by atoms with Gasteiger partial charge in [0.05, 0.1) is 18.2 Å². The molecule has 18 heavy (non-hydrogen) atoms. The van der Waals surface area contributed by atoms with E-state index in [1.807, 2.05) is 30.0 Å². The molecular formula is C14H16N2O2. The Morgan fingerprint density at radius 1 is 1.61 bits per heavy atom. The van der Waals surface area contributed by atoms with Crippen LogP contribution in [-0.4, -0.2) is 28.6 Å². The second kappa shape index (κ2) is 5.19. The van der Waals surface area contributed by atoms with E-state index in [0.717, 1.165) is 18.4 Å². The van der Waals surface area contributed by atoms with E-state index in [4.69, 9.17) is 10.4 Å². The second-order valence-electron chi connectivity index (χ2n) is 4.71. The number of carboxylic acids is 1. The number of carbonyl (C=O) groups is 1. The molecule has 0 heterocycles. The van der Waals surface area contributed by atoms with Gasteiger partial charge in [-0.25, -0.2) is 0 Å². The van der Waals surface area contributed by atoms with E-state index in [2.05, 4.69) is 6.07 Å². The molecule has 1 atom stereocenters. The zero-order valence-electron chi connectivity index (χ0n) is 10.3. The molecule has 0 bridgehead atoms. The lowest BCUT2D eigenvalue weighted by Crippen LogP contribution is -2.34. The summed E-state index contributed by atoms with van der Waals surface area (Å²) in [5.41, 5.74) is 1.62. The van der Waals surface area contributed by atoms with Crippen LogP contribution in [0.5, 0.6) is 0 Å². The molecule has 1 aliphatic carbocycles. The summed E-state index contributed by atoms with van der Waals surface area (Å²) in [6.07, 6.45) is 2.13. The maximum Gasteiger partial charge on any atom is 0.317 e. The molecule has 0 saturated heterocycles. The fourth-order valence-electron chi connectivity index (χ4n) is 2.20. The first-order valence-corrected chi connectivity index (χ1v) is 6.09. The average molecular weight is 244 g/mol. The largest absolute Gasteiger partial charge is 0.480 e. The van der Waals surface area contributed by atoms with Crippen molar-refractivity contribution >= 4 is 5.97 Å². The highest BCUT2D eigenvalue weighted by Crippen LogP contribution is 2.34. The van der Waals surface area contributed by atoms with Crippen molar-refractivity contribution in [1.29, 1.82) is 5.26 Å². The van der Waals surface area contributed by atoms with Crippen LogP contribution in [0.25, 0.3) is 0 Å². The van der Waals surface area contributed by atoms with Crippen LogP contribution in [0, 0.1) is 11.3 Å². The number of carboxylic acid groups (broad SMARTS) is 1. The number of rotatable bonds is 5. The van der Waals surface area contributed by atoms with Crippen LogP contribution in [0.3, 0.4) is 0 Å². The van der Waals surface area contributed by atoms with Crippen LogP contribution in [0.15, 0.2) is 24.3 Å². The molecule has 0 spiro atoms. The van der Waals surface area contributed by atoms with Crippen LogP contribution in [-0.2, 0) is 4.79 Å². The highest BCUT2D eigenvalue weighted by atomic mass is 16.4. The molecule has 94 valence electrons. The molecular weight excluding hydrogens is 228 g/mol.